The molecule has 0 aliphatic carbocycles. The van der Waals surface area contributed by atoms with E-state index >= 15 is 0 Å². The van der Waals surface area contributed by atoms with Crippen LogP contribution in [0.4, 0.5) is 4.39 Å². The molecule has 5 heteroatoms. The number of alkyl halides is 1. The summed E-state index contributed by atoms with van der Waals surface area (Å²) in [5.74, 6) is -0.589. The van der Waals surface area contributed by atoms with E-state index in [1.54, 1.807) is 6.07 Å². The first-order valence-corrected chi connectivity index (χ1v) is 6.44. The summed E-state index contributed by atoms with van der Waals surface area (Å²) in [4.78, 5) is 11.8. The number of carbonyl (C=O) groups excluding carboxylic acids is 1. The molecule has 94 valence electrons. The number of amides is 1. The van der Waals surface area contributed by atoms with Crippen LogP contribution in [0.1, 0.15) is 23.7 Å². The highest BCUT2D eigenvalue weighted by molar-refractivity contribution is 9.09. The summed E-state index contributed by atoms with van der Waals surface area (Å²) in [5, 5.41) is 3.39. The molecule has 0 bridgehead atoms. The zero-order valence-corrected chi connectivity index (χ0v) is 11.4. The molecule has 1 amide bonds. The average Bonchev–Trinajstić information content (AvgIpc) is 2.35. The number of hydrogen-bond acceptors (Lipinski definition) is 2. The minimum atomic E-state index is -0.578. The summed E-state index contributed by atoms with van der Waals surface area (Å²) in [6.07, 6.45) is 0.786. The lowest BCUT2D eigenvalue weighted by molar-refractivity contribution is 0.0936. The van der Waals surface area contributed by atoms with Gasteiger partial charge in [0.05, 0.1) is 12.7 Å². The third-order valence-corrected chi connectivity index (χ3v) is 3.22. The van der Waals surface area contributed by atoms with Crippen molar-refractivity contribution in [3.8, 4) is 5.75 Å². The fraction of sp³-hybridized carbons (Fsp3) is 0.417. The fourth-order valence-electron chi connectivity index (χ4n) is 1.32. The minimum Gasteiger partial charge on any atom is -0.497 e. The van der Waals surface area contributed by atoms with Crippen LogP contribution in [-0.2, 0) is 0 Å². The van der Waals surface area contributed by atoms with Gasteiger partial charge < -0.3 is 10.1 Å². The number of halogens is 2. The molecular weight excluding hydrogens is 289 g/mol. The number of ether oxygens (including phenoxy) is 1. The summed E-state index contributed by atoms with van der Waals surface area (Å²) in [6, 6.07) is 4.19. The van der Waals surface area contributed by atoms with Crippen LogP contribution in [0.15, 0.2) is 18.2 Å². The SMILES string of the molecule is CCC(CBr)NC(=O)c1ccc(OC)cc1F. The predicted molar refractivity (Wildman–Crippen MR) is 68.3 cm³/mol. The molecule has 0 aliphatic heterocycles. The molecule has 17 heavy (non-hydrogen) atoms. The summed E-state index contributed by atoms with van der Waals surface area (Å²) in [5.41, 5.74) is 0.0326. The van der Waals surface area contributed by atoms with Crippen LogP contribution in [0, 0.1) is 5.82 Å². The Labute approximate surface area is 108 Å². The van der Waals surface area contributed by atoms with Crippen LogP contribution in [0.3, 0.4) is 0 Å². The van der Waals surface area contributed by atoms with Gasteiger partial charge in [0.2, 0.25) is 0 Å². The minimum absolute atomic E-state index is 0.00371. The van der Waals surface area contributed by atoms with Gasteiger partial charge in [0.25, 0.3) is 5.91 Å². The van der Waals surface area contributed by atoms with E-state index in [9.17, 15) is 9.18 Å². The van der Waals surface area contributed by atoms with Gasteiger partial charge in [-0.25, -0.2) is 4.39 Å². The Hall–Kier alpha value is -1.10. The molecule has 0 heterocycles. The maximum atomic E-state index is 13.6. The smallest absolute Gasteiger partial charge is 0.254 e. The van der Waals surface area contributed by atoms with Crippen molar-refractivity contribution < 1.29 is 13.9 Å². The Morgan fingerprint density at radius 3 is 2.76 bits per heavy atom. The Morgan fingerprint density at radius 1 is 1.59 bits per heavy atom. The monoisotopic (exact) mass is 303 g/mol. The van der Waals surface area contributed by atoms with Gasteiger partial charge in [-0.1, -0.05) is 22.9 Å². The fourth-order valence-corrected chi connectivity index (χ4v) is 1.94. The molecule has 0 aromatic heterocycles. The van der Waals surface area contributed by atoms with Crippen molar-refractivity contribution in [2.24, 2.45) is 0 Å². The van der Waals surface area contributed by atoms with Crippen LogP contribution in [0.5, 0.6) is 5.75 Å². The van der Waals surface area contributed by atoms with Crippen LogP contribution >= 0.6 is 15.9 Å². The molecule has 1 aromatic carbocycles. The second kappa shape index (κ2) is 6.59. The molecule has 0 saturated carbocycles. The molecule has 1 unspecified atom stereocenters. The zero-order valence-electron chi connectivity index (χ0n) is 9.80. The first kappa shape index (κ1) is 14.0. The highest BCUT2D eigenvalue weighted by atomic mass is 79.9. The van der Waals surface area contributed by atoms with Crippen molar-refractivity contribution in [3.05, 3.63) is 29.6 Å². The van der Waals surface area contributed by atoms with E-state index in [-0.39, 0.29) is 11.6 Å². The van der Waals surface area contributed by atoms with E-state index in [4.69, 9.17) is 4.74 Å². The van der Waals surface area contributed by atoms with Crippen molar-refractivity contribution in [2.45, 2.75) is 19.4 Å². The highest BCUT2D eigenvalue weighted by Crippen LogP contribution is 2.16. The number of hydrogen-bond donors (Lipinski definition) is 1. The third-order valence-electron chi connectivity index (χ3n) is 2.44. The number of rotatable bonds is 5. The van der Waals surface area contributed by atoms with Gasteiger partial charge in [-0.3, -0.25) is 4.79 Å². The van der Waals surface area contributed by atoms with Gasteiger partial charge >= 0.3 is 0 Å². The molecule has 0 fully saturated rings. The van der Waals surface area contributed by atoms with Gasteiger partial charge in [-0.05, 0) is 18.6 Å². The number of benzene rings is 1. The molecule has 1 aromatic rings. The first-order valence-electron chi connectivity index (χ1n) is 5.32. The van der Waals surface area contributed by atoms with Crippen LogP contribution in [-0.4, -0.2) is 24.4 Å². The molecule has 1 N–H and O–H groups in total. The van der Waals surface area contributed by atoms with Gasteiger partial charge in [-0.2, -0.15) is 0 Å². The predicted octanol–water partition coefficient (Wildman–Crippen LogP) is 2.74. The number of carbonyl (C=O) groups is 1. The van der Waals surface area contributed by atoms with Gasteiger partial charge in [-0.15, -0.1) is 0 Å². The van der Waals surface area contributed by atoms with Crippen molar-refractivity contribution >= 4 is 21.8 Å². The molecule has 0 saturated heterocycles. The highest BCUT2D eigenvalue weighted by Gasteiger charge is 2.15. The van der Waals surface area contributed by atoms with Gasteiger partial charge in [0.15, 0.2) is 0 Å². The van der Waals surface area contributed by atoms with Crippen molar-refractivity contribution in [1.82, 2.24) is 5.32 Å². The normalized spacial score (nSPS) is 12.0. The zero-order chi connectivity index (χ0) is 12.8. The summed E-state index contributed by atoms with van der Waals surface area (Å²) in [7, 11) is 1.45. The van der Waals surface area contributed by atoms with E-state index in [1.807, 2.05) is 6.92 Å². The van der Waals surface area contributed by atoms with Crippen molar-refractivity contribution in [2.75, 3.05) is 12.4 Å². The Balaban J connectivity index is 2.82. The number of methoxy groups -OCH3 is 1. The molecule has 0 aliphatic rings. The topological polar surface area (TPSA) is 38.3 Å². The van der Waals surface area contributed by atoms with Crippen LogP contribution < -0.4 is 10.1 Å². The lowest BCUT2D eigenvalue weighted by atomic mass is 10.1. The first-order chi connectivity index (χ1) is 8.12. The Bertz CT molecular complexity index is 394. The van der Waals surface area contributed by atoms with Crippen LogP contribution in [0.2, 0.25) is 0 Å². The largest absolute Gasteiger partial charge is 0.497 e. The van der Waals surface area contributed by atoms with E-state index < -0.39 is 11.7 Å². The quantitative estimate of drug-likeness (QED) is 0.850. The number of nitrogens with one attached hydrogen (secondary N) is 1. The maximum absolute atomic E-state index is 13.6. The Morgan fingerprint density at radius 2 is 2.29 bits per heavy atom. The van der Waals surface area contributed by atoms with Crippen LogP contribution in [0.25, 0.3) is 0 Å². The maximum Gasteiger partial charge on any atom is 0.254 e. The third kappa shape index (κ3) is 3.70. The lowest BCUT2D eigenvalue weighted by Gasteiger charge is -2.14. The Kier molecular flexibility index (Phi) is 5.41. The lowest BCUT2D eigenvalue weighted by Crippen LogP contribution is -2.35. The molecule has 1 atom stereocenters. The second-order valence-corrected chi connectivity index (χ2v) is 4.23. The van der Waals surface area contributed by atoms with Gasteiger partial charge in [0, 0.05) is 17.4 Å². The van der Waals surface area contributed by atoms with Crippen molar-refractivity contribution in [3.63, 3.8) is 0 Å². The van der Waals surface area contributed by atoms with Gasteiger partial charge in [0.1, 0.15) is 11.6 Å². The van der Waals surface area contributed by atoms with E-state index in [0.717, 1.165) is 6.42 Å². The average molecular weight is 304 g/mol. The standard InChI is InChI=1S/C12H15BrFNO2/c1-3-8(7-13)15-12(16)10-5-4-9(17-2)6-11(10)14/h4-6,8H,3,7H2,1-2H3,(H,15,16). The summed E-state index contributed by atoms with van der Waals surface area (Å²) < 4.78 is 18.5. The van der Waals surface area contributed by atoms with Crippen molar-refractivity contribution in [1.29, 1.82) is 0 Å². The summed E-state index contributed by atoms with van der Waals surface area (Å²) in [6.45, 7) is 1.95. The molecule has 3 nitrogen and oxygen atoms in total. The molecular formula is C12H15BrFNO2. The summed E-state index contributed by atoms with van der Waals surface area (Å²) >= 11 is 3.29. The second-order valence-electron chi connectivity index (χ2n) is 3.58. The molecule has 0 radical (unpaired) electrons. The van der Waals surface area contributed by atoms with E-state index in [0.29, 0.717) is 11.1 Å². The van der Waals surface area contributed by atoms with E-state index in [1.165, 1.54) is 19.2 Å². The van der Waals surface area contributed by atoms with E-state index in [2.05, 4.69) is 21.2 Å². The molecule has 0 spiro atoms. The molecule has 1 rings (SSSR count).